The highest BCUT2D eigenvalue weighted by atomic mass is 16.5. The molecule has 3 N–H and O–H groups in total. The van der Waals surface area contributed by atoms with Gasteiger partial charge in [0.2, 0.25) is 5.91 Å². The van der Waals surface area contributed by atoms with Crippen LogP contribution in [0.4, 0.5) is 0 Å². The highest BCUT2D eigenvalue weighted by Crippen LogP contribution is 2.30. The maximum absolute atomic E-state index is 12.0. The minimum atomic E-state index is 0.0988. The van der Waals surface area contributed by atoms with Crippen molar-refractivity contribution in [2.24, 2.45) is 17.6 Å². The second-order valence-electron chi connectivity index (χ2n) is 4.99. The Morgan fingerprint density at radius 1 is 1.32 bits per heavy atom. The molecular weight excluding hydrogens is 240 g/mol. The first-order chi connectivity index (χ1) is 9.31. The van der Waals surface area contributed by atoms with Crippen molar-refractivity contribution in [2.75, 3.05) is 19.7 Å². The van der Waals surface area contributed by atoms with Crippen molar-refractivity contribution in [1.82, 2.24) is 5.32 Å². The molecule has 1 aliphatic rings. The number of benzene rings is 1. The van der Waals surface area contributed by atoms with Crippen molar-refractivity contribution in [2.45, 2.75) is 19.3 Å². The van der Waals surface area contributed by atoms with Gasteiger partial charge in [0.05, 0.1) is 6.54 Å². The van der Waals surface area contributed by atoms with E-state index in [1.54, 1.807) is 0 Å². The number of amides is 1. The zero-order valence-electron chi connectivity index (χ0n) is 11.2. The molecule has 1 saturated carbocycles. The van der Waals surface area contributed by atoms with Crippen LogP contribution in [0.5, 0.6) is 5.75 Å². The van der Waals surface area contributed by atoms with Crippen molar-refractivity contribution in [1.29, 1.82) is 0 Å². The Balaban J connectivity index is 1.67. The number of nitrogens with two attached hydrogens (primary N) is 1. The molecular formula is C15H22N2O2. The molecule has 0 aromatic heterocycles. The SMILES string of the molecule is NC[C@H]1CCC[C@H]1C(=O)NCCOc1ccccc1. The van der Waals surface area contributed by atoms with E-state index in [1.807, 2.05) is 30.3 Å². The summed E-state index contributed by atoms with van der Waals surface area (Å²) in [5.74, 6) is 1.42. The molecule has 1 aromatic rings. The van der Waals surface area contributed by atoms with Crippen molar-refractivity contribution in [3.63, 3.8) is 0 Å². The third kappa shape index (κ3) is 3.96. The van der Waals surface area contributed by atoms with Crippen LogP contribution in [0.3, 0.4) is 0 Å². The van der Waals surface area contributed by atoms with Crippen molar-refractivity contribution >= 4 is 5.91 Å². The normalized spacial score (nSPS) is 22.2. The summed E-state index contributed by atoms with van der Waals surface area (Å²) < 4.78 is 5.53. The van der Waals surface area contributed by atoms with E-state index in [0.717, 1.165) is 25.0 Å². The number of hydrogen-bond donors (Lipinski definition) is 2. The fourth-order valence-electron chi connectivity index (χ4n) is 2.66. The first-order valence-electron chi connectivity index (χ1n) is 6.97. The summed E-state index contributed by atoms with van der Waals surface area (Å²) in [6.07, 6.45) is 3.16. The van der Waals surface area contributed by atoms with Gasteiger partial charge in [-0.2, -0.15) is 0 Å². The lowest BCUT2D eigenvalue weighted by molar-refractivity contribution is -0.126. The van der Waals surface area contributed by atoms with Gasteiger partial charge < -0.3 is 15.8 Å². The Labute approximate surface area is 114 Å². The summed E-state index contributed by atoms with van der Waals surface area (Å²) in [5.41, 5.74) is 5.69. The van der Waals surface area contributed by atoms with Crippen LogP contribution in [-0.4, -0.2) is 25.6 Å². The Kier molecular flexibility index (Phi) is 5.21. The monoisotopic (exact) mass is 262 g/mol. The molecule has 0 unspecified atom stereocenters. The lowest BCUT2D eigenvalue weighted by Gasteiger charge is -2.17. The Hall–Kier alpha value is -1.55. The van der Waals surface area contributed by atoms with Gasteiger partial charge in [0.1, 0.15) is 12.4 Å². The Morgan fingerprint density at radius 3 is 2.84 bits per heavy atom. The minimum absolute atomic E-state index is 0.0988. The number of carbonyl (C=O) groups excluding carboxylic acids is 1. The summed E-state index contributed by atoms with van der Waals surface area (Å²) in [5, 5.41) is 2.94. The standard InChI is InChI=1S/C15H22N2O2/c16-11-12-5-4-8-14(12)15(18)17-9-10-19-13-6-2-1-3-7-13/h1-3,6-7,12,14H,4-5,8-11,16H2,(H,17,18)/t12-,14-/m1/s1. The van der Waals surface area contributed by atoms with E-state index in [9.17, 15) is 4.79 Å². The van der Waals surface area contributed by atoms with Crippen LogP contribution in [-0.2, 0) is 4.79 Å². The second-order valence-corrected chi connectivity index (χ2v) is 4.99. The molecule has 0 aliphatic heterocycles. The molecule has 0 heterocycles. The zero-order valence-corrected chi connectivity index (χ0v) is 11.2. The molecule has 2 rings (SSSR count). The molecule has 0 saturated heterocycles. The maximum atomic E-state index is 12.0. The van der Waals surface area contributed by atoms with Crippen LogP contribution in [0, 0.1) is 11.8 Å². The number of hydrogen-bond acceptors (Lipinski definition) is 3. The highest BCUT2D eigenvalue weighted by Gasteiger charge is 2.31. The van der Waals surface area contributed by atoms with Crippen molar-refractivity contribution in [3.05, 3.63) is 30.3 Å². The lowest BCUT2D eigenvalue weighted by Crippen LogP contribution is -2.37. The molecule has 2 atom stereocenters. The summed E-state index contributed by atoms with van der Waals surface area (Å²) in [6, 6.07) is 9.62. The number of nitrogens with one attached hydrogen (secondary N) is 1. The van der Waals surface area contributed by atoms with Gasteiger partial charge in [-0.1, -0.05) is 24.6 Å². The molecule has 0 radical (unpaired) electrons. The Morgan fingerprint density at radius 2 is 2.11 bits per heavy atom. The third-order valence-corrected chi connectivity index (χ3v) is 3.71. The quantitative estimate of drug-likeness (QED) is 0.765. The zero-order chi connectivity index (χ0) is 13.5. The van der Waals surface area contributed by atoms with Crippen molar-refractivity contribution in [3.8, 4) is 5.75 Å². The molecule has 1 amide bonds. The van der Waals surface area contributed by atoms with Gasteiger partial charge in [-0.15, -0.1) is 0 Å². The first kappa shape index (κ1) is 13.9. The molecule has 0 bridgehead atoms. The molecule has 104 valence electrons. The molecule has 1 fully saturated rings. The van der Waals surface area contributed by atoms with Crippen LogP contribution >= 0.6 is 0 Å². The van der Waals surface area contributed by atoms with Gasteiger partial charge in [-0.3, -0.25) is 4.79 Å². The molecule has 1 aliphatic carbocycles. The van der Waals surface area contributed by atoms with Gasteiger partial charge in [-0.25, -0.2) is 0 Å². The first-order valence-corrected chi connectivity index (χ1v) is 6.97. The van der Waals surface area contributed by atoms with Crippen molar-refractivity contribution < 1.29 is 9.53 Å². The highest BCUT2D eigenvalue weighted by molar-refractivity contribution is 5.79. The van der Waals surface area contributed by atoms with Crippen LogP contribution in [0.25, 0.3) is 0 Å². The smallest absolute Gasteiger partial charge is 0.223 e. The average molecular weight is 262 g/mol. The molecule has 4 nitrogen and oxygen atoms in total. The Bertz CT molecular complexity index is 394. The fourth-order valence-corrected chi connectivity index (χ4v) is 2.66. The van der Waals surface area contributed by atoms with E-state index in [4.69, 9.17) is 10.5 Å². The van der Waals surface area contributed by atoms with Crippen LogP contribution in [0.15, 0.2) is 30.3 Å². The largest absolute Gasteiger partial charge is 0.492 e. The van der Waals surface area contributed by atoms with Gasteiger partial charge >= 0.3 is 0 Å². The molecule has 0 spiro atoms. The topological polar surface area (TPSA) is 64.4 Å². The molecule has 1 aromatic carbocycles. The third-order valence-electron chi connectivity index (χ3n) is 3.71. The van der Waals surface area contributed by atoms with Gasteiger partial charge in [-0.05, 0) is 37.4 Å². The van der Waals surface area contributed by atoms with Crippen LogP contribution < -0.4 is 15.8 Å². The summed E-state index contributed by atoms with van der Waals surface area (Å²) >= 11 is 0. The number of rotatable bonds is 6. The minimum Gasteiger partial charge on any atom is -0.492 e. The van der Waals surface area contributed by atoms with E-state index in [-0.39, 0.29) is 11.8 Å². The van der Waals surface area contributed by atoms with E-state index in [1.165, 1.54) is 0 Å². The predicted octanol–water partition coefficient (Wildman–Crippen LogP) is 1.56. The van der Waals surface area contributed by atoms with E-state index < -0.39 is 0 Å². The number of para-hydroxylation sites is 1. The van der Waals surface area contributed by atoms with Gasteiger partial charge in [0.15, 0.2) is 0 Å². The van der Waals surface area contributed by atoms with Crippen LogP contribution in [0.1, 0.15) is 19.3 Å². The van der Waals surface area contributed by atoms with E-state index >= 15 is 0 Å². The molecule has 4 heteroatoms. The lowest BCUT2D eigenvalue weighted by atomic mass is 9.95. The summed E-state index contributed by atoms with van der Waals surface area (Å²) in [6.45, 7) is 1.65. The second kappa shape index (κ2) is 7.14. The summed E-state index contributed by atoms with van der Waals surface area (Å²) in [7, 11) is 0. The molecule has 19 heavy (non-hydrogen) atoms. The fraction of sp³-hybridized carbons (Fsp3) is 0.533. The van der Waals surface area contributed by atoms with Gasteiger partial charge in [0, 0.05) is 5.92 Å². The number of ether oxygens (including phenoxy) is 1. The summed E-state index contributed by atoms with van der Waals surface area (Å²) in [4.78, 5) is 12.0. The number of carbonyl (C=O) groups is 1. The van der Waals surface area contributed by atoms with E-state index in [2.05, 4.69) is 5.32 Å². The van der Waals surface area contributed by atoms with Gasteiger partial charge in [0.25, 0.3) is 0 Å². The average Bonchev–Trinajstić information content (AvgIpc) is 2.93. The predicted molar refractivity (Wildman–Crippen MR) is 74.8 cm³/mol. The van der Waals surface area contributed by atoms with Crippen LogP contribution in [0.2, 0.25) is 0 Å². The maximum Gasteiger partial charge on any atom is 0.223 e. The van der Waals surface area contributed by atoms with E-state index in [0.29, 0.717) is 25.6 Å².